The number of hydrogen-bond donors (Lipinski definition) is 2. The molecule has 1 amide bonds. The normalized spacial score (nSPS) is 10.3. The molecule has 0 radical (unpaired) electrons. The van der Waals surface area contributed by atoms with Gasteiger partial charge >= 0.3 is 0 Å². The van der Waals surface area contributed by atoms with Crippen molar-refractivity contribution < 1.29 is 13.6 Å². The number of nitrogens with one attached hydrogen (secondary N) is 2. The highest BCUT2D eigenvalue weighted by Gasteiger charge is 2.17. The molecule has 21 heavy (non-hydrogen) atoms. The van der Waals surface area contributed by atoms with E-state index in [-0.39, 0.29) is 10.0 Å². The maximum absolute atomic E-state index is 13.7. The van der Waals surface area contributed by atoms with Crippen molar-refractivity contribution in [2.75, 3.05) is 17.7 Å². The van der Waals surface area contributed by atoms with Crippen LogP contribution in [0.3, 0.4) is 0 Å². The lowest BCUT2D eigenvalue weighted by Crippen LogP contribution is -2.16. The Morgan fingerprint density at radius 1 is 1.24 bits per heavy atom. The molecule has 0 bridgehead atoms. The molecule has 0 aliphatic heterocycles. The highest BCUT2D eigenvalue weighted by atomic mass is 79.9. The summed E-state index contributed by atoms with van der Waals surface area (Å²) in [6.45, 7) is 1.77. The maximum atomic E-state index is 13.7. The number of carbonyl (C=O) groups excluding carboxylic acids is 1. The van der Waals surface area contributed by atoms with Crippen LogP contribution in [0.15, 0.2) is 28.9 Å². The van der Waals surface area contributed by atoms with Gasteiger partial charge in [0.1, 0.15) is 5.69 Å². The Morgan fingerprint density at radius 3 is 2.43 bits per heavy atom. The third kappa shape index (κ3) is 3.36. The fourth-order valence-corrected chi connectivity index (χ4v) is 2.19. The first kappa shape index (κ1) is 15.4. The van der Waals surface area contributed by atoms with Gasteiger partial charge in [0.15, 0.2) is 11.6 Å². The molecule has 0 fully saturated rings. The van der Waals surface area contributed by atoms with Gasteiger partial charge in [-0.05, 0) is 25.1 Å². The Hall–Kier alpha value is -2.02. The lowest BCUT2D eigenvalue weighted by molar-refractivity contribution is 0.102. The number of anilines is 2. The van der Waals surface area contributed by atoms with Crippen LogP contribution in [0.25, 0.3) is 0 Å². The van der Waals surface area contributed by atoms with E-state index >= 15 is 0 Å². The number of benzene rings is 1. The molecule has 0 aliphatic rings. The number of carbonyl (C=O) groups is 1. The Morgan fingerprint density at radius 2 is 1.86 bits per heavy atom. The zero-order valence-corrected chi connectivity index (χ0v) is 12.9. The first-order valence-electron chi connectivity index (χ1n) is 6.02. The molecule has 0 spiro atoms. The van der Waals surface area contributed by atoms with E-state index in [0.717, 1.165) is 17.8 Å². The van der Waals surface area contributed by atoms with Gasteiger partial charge in [-0.2, -0.15) is 0 Å². The lowest BCUT2D eigenvalue weighted by atomic mass is 10.2. The predicted molar refractivity (Wildman–Crippen MR) is 80.5 cm³/mol. The minimum atomic E-state index is -0.860. The second-order valence-corrected chi connectivity index (χ2v) is 5.24. The van der Waals surface area contributed by atoms with E-state index in [9.17, 15) is 13.6 Å². The fourth-order valence-electron chi connectivity index (χ4n) is 1.79. The van der Waals surface area contributed by atoms with Gasteiger partial charge in [0.2, 0.25) is 0 Å². The van der Waals surface area contributed by atoms with E-state index in [1.807, 2.05) is 0 Å². The highest BCUT2D eigenvalue weighted by Crippen LogP contribution is 2.25. The minimum absolute atomic E-state index is 0.199. The van der Waals surface area contributed by atoms with E-state index in [1.165, 1.54) is 6.20 Å². The summed E-state index contributed by atoms with van der Waals surface area (Å²) in [5, 5.41) is 5.07. The molecule has 0 aliphatic carbocycles. The number of rotatable bonds is 3. The molecule has 0 saturated carbocycles. The number of aryl methyl sites for hydroxylation is 1. The van der Waals surface area contributed by atoms with Gasteiger partial charge in [-0.25, -0.2) is 8.78 Å². The summed E-state index contributed by atoms with van der Waals surface area (Å²) < 4.78 is 27.7. The van der Waals surface area contributed by atoms with E-state index in [2.05, 4.69) is 31.5 Å². The SMILES string of the molecule is CNc1cc(C)ncc1C(=O)Nc1c(F)cc(Br)cc1F. The highest BCUT2D eigenvalue weighted by molar-refractivity contribution is 9.10. The number of aromatic nitrogens is 1. The smallest absolute Gasteiger partial charge is 0.259 e. The van der Waals surface area contributed by atoms with Crippen LogP contribution in [0.4, 0.5) is 20.2 Å². The number of hydrogen-bond acceptors (Lipinski definition) is 3. The predicted octanol–water partition coefficient (Wildman–Crippen LogP) is 3.72. The Bertz CT molecular complexity index is 684. The molecule has 1 aromatic heterocycles. The summed E-state index contributed by atoms with van der Waals surface area (Å²) in [6.07, 6.45) is 1.35. The van der Waals surface area contributed by atoms with E-state index in [0.29, 0.717) is 5.69 Å². The minimum Gasteiger partial charge on any atom is -0.387 e. The summed E-state index contributed by atoms with van der Waals surface area (Å²) >= 11 is 2.98. The average Bonchev–Trinajstić information content (AvgIpc) is 2.42. The third-order valence-electron chi connectivity index (χ3n) is 2.80. The molecule has 2 rings (SSSR count). The first-order chi connectivity index (χ1) is 9.92. The van der Waals surface area contributed by atoms with Gasteiger partial charge in [-0.3, -0.25) is 9.78 Å². The molecular formula is C14H12BrF2N3O. The van der Waals surface area contributed by atoms with Crippen LogP contribution in [0.5, 0.6) is 0 Å². The molecule has 7 heteroatoms. The average molecular weight is 356 g/mol. The zero-order chi connectivity index (χ0) is 15.6. The largest absolute Gasteiger partial charge is 0.387 e. The number of nitrogens with zero attached hydrogens (tertiary/aromatic N) is 1. The van der Waals surface area contributed by atoms with Crippen molar-refractivity contribution in [3.8, 4) is 0 Å². The van der Waals surface area contributed by atoms with Crippen LogP contribution in [-0.4, -0.2) is 17.9 Å². The van der Waals surface area contributed by atoms with Crippen LogP contribution < -0.4 is 10.6 Å². The molecule has 0 unspecified atom stereocenters. The van der Waals surface area contributed by atoms with Gasteiger partial charge in [0, 0.05) is 23.4 Å². The molecule has 110 valence electrons. The summed E-state index contributed by atoms with van der Waals surface area (Å²) in [4.78, 5) is 16.2. The van der Waals surface area contributed by atoms with Gasteiger partial charge in [0.25, 0.3) is 5.91 Å². The standard InChI is InChI=1S/C14H12BrF2N3O/c1-7-3-12(18-2)9(6-19-7)14(21)20-13-10(16)4-8(15)5-11(13)17/h3-6H,1-2H3,(H,18,19)(H,20,21). The van der Waals surface area contributed by atoms with Gasteiger partial charge in [-0.15, -0.1) is 0 Å². The summed E-state index contributed by atoms with van der Waals surface area (Å²) in [6, 6.07) is 3.82. The maximum Gasteiger partial charge on any atom is 0.259 e. The lowest BCUT2D eigenvalue weighted by Gasteiger charge is -2.11. The summed E-state index contributed by atoms with van der Waals surface area (Å²) in [5.41, 5.74) is 0.950. The van der Waals surface area contributed by atoms with Crippen molar-refractivity contribution in [3.63, 3.8) is 0 Å². The van der Waals surface area contributed by atoms with E-state index < -0.39 is 23.2 Å². The number of halogens is 3. The van der Waals surface area contributed by atoms with E-state index in [1.54, 1.807) is 20.0 Å². The van der Waals surface area contributed by atoms with Crippen molar-refractivity contribution in [3.05, 3.63) is 51.8 Å². The Balaban J connectivity index is 2.35. The molecule has 2 aromatic rings. The van der Waals surface area contributed by atoms with E-state index in [4.69, 9.17) is 0 Å². The van der Waals surface area contributed by atoms with Crippen LogP contribution in [0.2, 0.25) is 0 Å². The molecule has 2 N–H and O–H groups in total. The fraction of sp³-hybridized carbons (Fsp3) is 0.143. The van der Waals surface area contributed by atoms with Crippen LogP contribution in [-0.2, 0) is 0 Å². The van der Waals surface area contributed by atoms with Crippen molar-refractivity contribution in [1.82, 2.24) is 4.98 Å². The zero-order valence-electron chi connectivity index (χ0n) is 11.3. The van der Waals surface area contributed by atoms with Crippen LogP contribution >= 0.6 is 15.9 Å². The van der Waals surface area contributed by atoms with Gasteiger partial charge in [0.05, 0.1) is 11.3 Å². The van der Waals surface area contributed by atoms with Crippen molar-refractivity contribution >= 4 is 33.2 Å². The van der Waals surface area contributed by atoms with Crippen molar-refractivity contribution in [2.45, 2.75) is 6.92 Å². The number of amides is 1. The second kappa shape index (κ2) is 6.17. The monoisotopic (exact) mass is 355 g/mol. The molecular weight excluding hydrogens is 344 g/mol. The first-order valence-corrected chi connectivity index (χ1v) is 6.82. The van der Waals surface area contributed by atoms with Crippen LogP contribution in [0, 0.1) is 18.6 Å². The molecule has 4 nitrogen and oxygen atoms in total. The molecule has 1 aromatic carbocycles. The summed E-state index contributed by atoms with van der Waals surface area (Å²) in [7, 11) is 1.65. The second-order valence-electron chi connectivity index (χ2n) is 4.32. The quantitative estimate of drug-likeness (QED) is 0.881. The molecule has 1 heterocycles. The van der Waals surface area contributed by atoms with Crippen molar-refractivity contribution in [1.29, 1.82) is 0 Å². The summed E-state index contributed by atoms with van der Waals surface area (Å²) in [5.74, 6) is -2.37. The third-order valence-corrected chi connectivity index (χ3v) is 3.26. The van der Waals surface area contributed by atoms with Crippen molar-refractivity contribution in [2.24, 2.45) is 0 Å². The topological polar surface area (TPSA) is 54.0 Å². The Kier molecular flexibility index (Phi) is 4.52. The number of pyridine rings is 1. The van der Waals surface area contributed by atoms with Gasteiger partial charge in [-0.1, -0.05) is 15.9 Å². The van der Waals surface area contributed by atoms with Crippen LogP contribution in [0.1, 0.15) is 16.1 Å². The Labute approximate surface area is 128 Å². The van der Waals surface area contributed by atoms with Gasteiger partial charge < -0.3 is 10.6 Å². The molecule has 0 saturated heterocycles. The molecule has 0 atom stereocenters.